The number of benzene rings is 1. The van der Waals surface area contributed by atoms with Gasteiger partial charge in [0.2, 0.25) is 0 Å². The summed E-state index contributed by atoms with van der Waals surface area (Å²) in [6.07, 6.45) is 0.606. The van der Waals surface area contributed by atoms with Crippen LogP contribution < -0.4 is 0 Å². The molecule has 0 heterocycles. The quantitative estimate of drug-likeness (QED) is 0.686. The van der Waals surface area contributed by atoms with Gasteiger partial charge in [-0.15, -0.1) is 0 Å². The lowest BCUT2D eigenvalue weighted by atomic mass is 9.87. The van der Waals surface area contributed by atoms with Gasteiger partial charge in [0.1, 0.15) is 0 Å². The molecule has 16 heavy (non-hydrogen) atoms. The Hall–Kier alpha value is -1.11. The van der Waals surface area contributed by atoms with E-state index in [1.807, 2.05) is 18.2 Å². The fourth-order valence-electron chi connectivity index (χ4n) is 1.65. The van der Waals surface area contributed by atoms with Gasteiger partial charge >= 0.3 is 0 Å². The molecular weight excluding hydrogens is 196 g/mol. The van der Waals surface area contributed by atoms with E-state index in [1.54, 1.807) is 0 Å². The molecule has 0 aliphatic carbocycles. The Kier molecular flexibility index (Phi) is 3.90. The maximum Gasteiger partial charge on any atom is 0.163 e. The van der Waals surface area contributed by atoms with Gasteiger partial charge in [-0.25, -0.2) is 0 Å². The van der Waals surface area contributed by atoms with Crippen molar-refractivity contribution >= 4 is 5.78 Å². The van der Waals surface area contributed by atoms with Gasteiger partial charge < -0.3 is 0 Å². The molecule has 0 bridgehead atoms. The second-order valence-electron chi connectivity index (χ2n) is 5.94. The lowest BCUT2D eigenvalue weighted by Gasteiger charge is -2.17. The second kappa shape index (κ2) is 4.82. The number of hydrogen-bond acceptors (Lipinski definition) is 1. The standard InChI is InChI=1S/C15H22O/c1-11(2)12-7-6-8-13(9-12)14(16)10-15(3,4)5/h6-9,11H,10H2,1-5H3. The van der Waals surface area contributed by atoms with Crippen molar-refractivity contribution < 1.29 is 4.79 Å². The Morgan fingerprint density at radius 3 is 2.38 bits per heavy atom. The first-order chi connectivity index (χ1) is 7.29. The van der Waals surface area contributed by atoms with Crippen LogP contribution in [0, 0.1) is 5.41 Å². The summed E-state index contributed by atoms with van der Waals surface area (Å²) >= 11 is 0. The SMILES string of the molecule is CC(C)c1cccc(C(=O)CC(C)(C)C)c1. The highest BCUT2D eigenvalue weighted by molar-refractivity contribution is 5.96. The Labute approximate surface area is 98.9 Å². The van der Waals surface area contributed by atoms with Crippen LogP contribution in [-0.4, -0.2) is 5.78 Å². The summed E-state index contributed by atoms with van der Waals surface area (Å²) in [5.41, 5.74) is 2.14. The first kappa shape index (κ1) is 13.0. The van der Waals surface area contributed by atoms with Crippen LogP contribution in [-0.2, 0) is 0 Å². The van der Waals surface area contributed by atoms with Crippen LogP contribution >= 0.6 is 0 Å². The summed E-state index contributed by atoms with van der Waals surface area (Å²) in [6.45, 7) is 10.6. The van der Waals surface area contributed by atoms with Crippen LogP contribution in [0.3, 0.4) is 0 Å². The maximum absolute atomic E-state index is 12.0. The fraction of sp³-hybridized carbons (Fsp3) is 0.533. The lowest BCUT2D eigenvalue weighted by molar-refractivity contribution is 0.0940. The van der Waals surface area contributed by atoms with Gasteiger partial charge in [-0.3, -0.25) is 4.79 Å². The van der Waals surface area contributed by atoms with Crippen LogP contribution in [0.2, 0.25) is 0 Å². The highest BCUT2D eigenvalue weighted by Gasteiger charge is 2.17. The molecule has 0 radical (unpaired) electrons. The van der Waals surface area contributed by atoms with E-state index < -0.39 is 0 Å². The molecule has 1 nitrogen and oxygen atoms in total. The van der Waals surface area contributed by atoms with E-state index >= 15 is 0 Å². The zero-order valence-corrected chi connectivity index (χ0v) is 11.0. The van der Waals surface area contributed by atoms with E-state index in [0.717, 1.165) is 5.56 Å². The number of rotatable bonds is 3. The van der Waals surface area contributed by atoms with Gasteiger partial charge in [0.05, 0.1) is 0 Å². The van der Waals surface area contributed by atoms with Crippen molar-refractivity contribution in [3.8, 4) is 0 Å². The molecule has 1 aromatic carbocycles. The van der Waals surface area contributed by atoms with E-state index in [0.29, 0.717) is 12.3 Å². The number of carbonyl (C=O) groups excluding carboxylic acids is 1. The number of carbonyl (C=O) groups is 1. The molecule has 0 N–H and O–H groups in total. The van der Waals surface area contributed by atoms with E-state index in [-0.39, 0.29) is 11.2 Å². The molecule has 1 rings (SSSR count). The molecular formula is C15H22O. The topological polar surface area (TPSA) is 17.1 Å². The number of hydrogen-bond donors (Lipinski definition) is 0. The molecule has 0 amide bonds. The van der Waals surface area contributed by atoms with Crippen LogP contribution in [0.15, 0.2) is 24.3 Å². The number of ketones is 1. The average molecular weight is 218 g/mol. The first-order valence-electron chi connectivity index (χ1n) is 5.93. The molecule has 1 heteroatoms. The zero-order valence-electron chi connectivity index (χ0n) is 11.0. The molecule has 0 aliphatic rings. The Morgan fingerprint density at radius 1 is 1.25 bits per heavy atom. The molecule has 0 aromatic heterocycles. The summed E-state index contributed by atoms with van der Waals surface area (Å²) in [6, 6.07) is 8.00. The first-order valence-corrected chi connectivity index (χ1v) is 5.93. The predicted molar refractivity (Wildman–Crippen MR) is 68.9 cm³/mol. The van der Waals surface area contributed by atoms with Crippen LogP contribution in [0.1, 0.15) is 62.9 Å². The van der Waals surface area contributed by atoms with E-state index in [9.17, 15) is 4.79 Å². The summed E-state index contributed by atoms with van der Waals surface area (Å²) in [5.74, 6) is 0.720. The second-order valence-corrected chi connectivity index (χ2v) is 5.94. The average Bonchev–Trinajstić information content (AvgIpc) is 2.15. The van der Waals surface area contributed by atoms with Crippen molar-refractivity contribution in [2.45, 2.75) is 47.0 Å². The zero-order chi connectivity index (χ0) is 12.3. The molecule has 0 aliphatic heterocycles. The monoisotopic (exact) mass is 218 g/mol. The van der Waals surface area contributed by atoms with Crippen LogP contribution in [0.25, 0.3) is 0 Å². The summed E-state index contributed by atoms with van der Waals surface area (Å²) in [5, 5.41) is 0. The van der Waals surface area contributed by atoms with Crippen LogP contribution in [0.4, 0.5) is 0 Å². The normalized spacial score (nSPS) is 11.9. The summed E-state index contributed by atoms with van der Waals surface area (Å²) in [7, 11) is 0. The third kappa shape index (κ3) is 3.80. The minimum Gasteiger partial charge on any atom is -0.294 e. The highest BCUT2D eigenvalue weighted by atomic mass is 16.1. The van der Waals surface area contributed by atoms with Crippen molar-refractivity contribution in [1.82, 2.24) is 0 Å². The minimum absolute atomic E-state index is 0.0604. The third-order valence-electron chi connectivity index (χ3n) is 2.57. The van der Waals surface area contributed by atoms with E-state index in [2.05, 4.69) is 40.7 Å². The maximum atomic E-state index is 12.0. The van der Waals surface area contributed by atoms with Gasteiger partial charge in [0, 0.05) is 12.0 Å². The van der Waals surface area contributed by atoms with E-state index in [4.69, 9.17) is 0 Å². The molecule has 88 valence electrons. The molecule has 0 spiro atoms. The molecule has 0 atom stereocenters. The molecule has 0 saturated carbocycles. The van der Waals surface area contributed by atoms with Gasteiger partial charge in [0.25, 0.3) is 0 Å². The van der Waals surface area contributed by atoms with Gasteiger partial charge in [-0.2, -0.15) is 0 Å². The van der Waals surface area contributed by atoms with Gasteiger partial charge in [0.15, 0.2) is 5.78 Å². The summed E-state index contributed by atoms with van der Waals surface area (Å²) < 4.78 is 0. The lowest BCUT2D eigenvalue weighted by Crippen LogP contribution is -2.13. The Bertz CT molecular complexity index is 369. The van der Waals surface area contributed by atoms with Crippen molar-refractivity contribution in [1.29, 1.82) is 0 Å². The Morgan fingerprint density at radius 2 is 1.88 bits per heavy atom. The number of Topliss-reactive ketones (excluding diaryl/α,β-unsaturated/α-hetero) is 1. The van der Waals surface area contributed by atoms with Crippen molar-refractivity contribution in [2.75, 3.05) is 0 Å². The fourth-order valence-corrected chi connectivity index (χ4v) is 1.65. The largest absolute Gasteiger partial charge is 0.294 e. The third-order valence-corrected chi connectivity index (χ3v) is 2.57. The minimum atomic E-state index is 0.0604. The molecule has 0 unspecified atom stereocenters. The molecule has 1 aromatic rings. The smallest absolute Gasteiger partial charge is 0.163 e. The van der Waals surface area contributed by atoms with Gasteiger partial charge in [-0.1, -0.05) is 52.8 Å². The molecule has 0 saturated heterocycles. The van der Waals surface area contributed by atoms with E-state index in [1.165, 1.54) is 5.56 Å². The predicted octanol–water partition coefficient (Wildman–Crippen LogP) is 4.43. The molecule has 0 fully saturated rings. The van der Waals surface area contributed by atoms with Crippen molar-refractivity contribution in [3.63, 3.8) is 0 Å². The van der Waals surface area contributed by atoms with Gasteiger partial charge in [-0.05, 0) is 23.0 Å². The van der Waals surface area contributed by atoms with Crippen LogP contribution in [0.5, 0.6) is 0 Å². The Balaban J connectivity index is 2.88. The highest BCUT2D eigenvalue weighted by Crippen LogP contribution is 2.23. The summed E-state index contributed by atoms with van der Waals surface area (Å²) in [4.78, 5) is 12.0. The van der Waals surface area contributed by atoms with Crippen molar-refractivity contribution in [2.24, 2.45) is 5.41 Å². The van der Waals surface area contributed by atoms with Crippen molar-refractivity contribution in [3.05, 3.63) is 35.4 Å².